The number of hydrazine groups is 1. The Labute approximate surface area is 120 Å². The molecule has 7 nitrogen and oxygen atoms in total. The highest BCUT2D eigenvalue weighted by Gasteiger charge is 2.24. The average molecular weight is 301 g/mol. The van der Waals surface area contributed by atoms with Crippen LogP contribution < -0.4 is 16.6 Å². The van der Waals surface area contributed by atoms with E-state index in [1.807, 2.05) is 5.43 Å². The molecule has 0 spiro atoms. The maximum atomic E-state index is 13.7. The summed E-state index contributed by atoms with van der Waals surface area (Å²) < 4.78 is 32.1. The average Bonchev–Trinajstić information content (AvgIpc) is 2.50. The topological polar surface area (TPSA) is 92.5 Å². The number of carbonyl (C=O) groups excluding carboxylic acids is 1. The van der Waals surface area contributed by atoms with E-state index in [1.54, 1.807) is 11.8 Å². The van der Waals surface area contributed by atoms with Crippen molar-refractivity contribution in [1.29, 1.82) is 0 Å². The molecule has 21 heavy (non-hydrogen) atoms. The molecule has 1 aliphatic heterocycles. The van der Waals surface area contributed by atoms with Crippen LogP contribution in [0.15, 0.2) is 6.07 Å². The lowest BCUT2D eigenvalue weighted by Gasteiger charge is -2.29. The quantitative estimate of drug-likeness (QED) is 0.547. The van der Waals surface area contributed by atoms with Gasteiger partial charge in [-0.25, -0.2) is 19.6 Å². The van der Waals surface area contributed by atoms with Crippen molar-refractivity contribution in [3.05, 3.63) is 17.7 Å². The van der Waals surface area contributed by atoms with Crippen LogP contribution in [0.25, 0.3) is 0 Å². The number of ether oxygens (including phenoxy) is 1. The summed E-state index contributed by atoms with van der Waals surface area (Å²) >= 11 is 0. The minimum absolute atomic E-state index is 0.203. The van der Waals surface area contributed by atoms with Gasteiger partial charge in [-0.2, -0.15) is 0 Å². The zero-order valence-electron chi connectivity index (χ0n) is 11.5. The lowest BCUT2D eigenvalue weighted by molar-refractivity contribution is -0.135. The van der Waals surface area contributed by atoms with E-state index in [9.17, 15) is 13.6 Å². The van der Waals surface area contributed by atoms with Crippen LogP contribution in [0.4, 0.5) is 20.4 Å². The number of halogens is 2. The summed E-state index contributed by atoms with van der Waals surface area (Å²) in [5.41, 5.74) is 2.02. The molecule has 1 aliphatic rings. The van der Waals surface area contributed by atoms with Crippen molar-refractivity contribution >= 4 is 17.5 Å². The van der Waals surface area contributed by atoms with Gasteiger partial charge in [0.15, 0.2) is 23.3 Å². The molecule has 4 N–H and O–H groups in total. The monoisotopic (exact) mass is 301 g/mol. The molecule has 1 aromatic heterocycles. The largest absolute Gasteiger partial charge is 0.378 e. The summed E-state index contributed by atoms with van der Waals surface area (Å²) in [7, 11) is 0. The smallest absolute Gasteiger partial charge is 0.244 e. The standard InChI is InChI=1S/C12H17F2N5O2/c1-7(12(20)19-2-4-21-5-3-19)16-10-8(13)6-9(14)11(17-10)18-15/h6-7H,2-5,15H2,1H3,(H2,16,17,18). The number of anilines is 2. The minimum atomic E-state index is -0.910. The minimum Gasteiger partial charge on any atom is -0.378 e. The molecule has 1 fully saturated rings. The molecule has 0 aromatic carbocycles. The van der Waals surface area contributed by atoms with Gasteiger partial charge in [0, 0.05) is 19.2 Å². The van der Waals surface area contributed by atoms with E-state index in [0.717, 1.165) is 0 Å². The van der Waals surface area contributed by atoms with Gasteiger partial charge in [0.05, 0.1) is 13.2 Å². The zero-order valence-corrected chi connectivity index (χ0v) is 11.5. The molecular formula is C12H17F2N5O2. The maximum Gasteiger partial charge on any atom is 0.244 e. The number of nitrogens with one attached hydrogen (secondary N) is 2. The van der Waals surface area contributed by atoms with Crippen LogP contribution in [-0.4, -0.2) is 48.1 Å². The van der Waals surface area contributed by atoms with Gasteiger partial charge >= 0.3 is 0 Å². The first kappa shape index (κ1) is 15.4. The summed E-state index contributed by atoms with van der Waals surface area (Å²) in [4.78, 5) is 17.5. The Kier molecular flexibility index (Phi) is 4.86. The molecule has 116 valence electrons. The summed E-state index contributed by atoms with van der Waals surface area (Å²) in [6, 6.07) is -0.0580. The van der Waals surface area contributed by atoms with Gasteiger partial charge in [0.2, 0.25) is 5.91 Å². The molecule has 0 bridgehead atoms. The zero-order chi connectivity index (χ0) is 15.4. The molecule has 2 heterocycles. The summed E-state index contributed by atoms with van der Waals surface area (Å²) in [5.74, 6) is 2.54. The van der Waals surface area contributed by atoms with Gasteiger partial charge < -0.3 is 20.4 Å². The fraction of sp³-hybridized carbons (Fsp3) is 0.500. The summed E-state index contributed by atoms with van der Waals surface area (Å²) in [5, 5.41) is 2.63. The first-order valence-corrected chi connectivity index (χ1v) is 6.48. The number of nitrogen functional groups attached to an aromatic ring is 1. The number of aromatic nitrogens is 1. The van der Waals surface area contributed by atoms with Crippen LogP contribution >= 0.6 is 0 Å². The molecule has 2 rings (SSSR count). The second kappa shape index (κ2) is 6.64. The van der Waals surface area contributed by atoms with E-state index >= 15 is 0 Å². The fourth-order valence-corrected chi connectivity index (χ4v) is 1.99. The van der Waals surface area contributed by atoms with Crippen LogP contribution in [0.3, 0.4) is 0 Å². The van der Waals surface area contributed by atoms with Gasteiger partial charge in [-0.3, -0.25) is 4.79 Å². The Hall–Kier alpha value is -2.00. The van der Waals surface area contributed by atoms with Gasteiger partial charge in [-0.05, 0) is 6.92 Å². The van der Waals surface area contributed by atoms with Crippen molar-refractivity contribution in [1.82, 2.24) is 9.88 Å². The van der Waals surface area contributed by atoms with Crippen molar-refractivity contribution in [2.24, 2.45) is 5.84 Å². The highest BCUT2D eigenvalue weighted by Crippen LogP contribution is 2.19. The molecule has 1 aromatic rings. The molecule has 1 atom stereocenters. The van der Waals surface area contributed by atoms with E-state index in [0.29, 0.717) is 32.4 Å². The van der Waals surface area contributed by atoms with Crippen molar-refractivity contribution in [2.45, 2.75) is 13.0 Å². The number of nitrogens with zero attached hydrogens (tertiary/aromatic N) is 2. The molecule has 0 radical (unpaired) electrons. The second-order valence-electron chi connectivity index (χ2n) is 4.60. The predicted octanol–water partition coefficient (Wildman–Crippen LogP) is 0.305. The molecule has 0 saturated carbocycles. The third-order valence-electron chi connectivity index (χ3n) is 3.11. The number of amides is 1. The van der Waals surface area contributed by atoms with Crippen LogP contribution in [0.1, 0.15) is 6.92 Å². The molecular weight excluding hydrogens is 284 g/mol. The number of carbonyl (C=O) groups is 1. The van der Waals surface area contributed by atoms with Crippen molar-refractivity contribution in [3.8, 4) is 0 Å². The predicted molar refractivity (Wildman–Crippen MR) is 72.4 cm³/mol. The van der Waals surface area contributed by atoms with Crippen molar-refractivity contribution < 1.29 is 18.3 Å². The highest BCUT2D eigenvalue weighted by atomic mass is 19.1. The molecule has 1 saturated heterocycles. The number of hydrogen-bond acceptors (Lipinski definition) is 6. The second-order valence-corrected chi connectivity index (χ2v) is 4.60. The summed E-state index contributed by atoms with van der Waals surface area (Å²) in [6.45, 7) is 3.50. The Morgan fingerprint density at radius 3 is 2.62 bits per heavy atom. The van der Waals surface area contributed by atoms with E-state index in [1.165, 1.54) is 0 Å². The van der Waals surface area contributed by atoms with Gasteiger partial charge in [0.1, 0.15) is 6.04 Å². The lowest BCUT2D eigenvalue weighted by atomic mass is 10.2. The maximum absolute atomic E-state index is 13.7. The molecule has 0 aliphatic carbocycles. The third kappa shape index (κ3) is 3.56. The first-order valence-electron chi connectivity index (χ1n) is 6.48. The normalized spacial score (nSPS) is 16.5. The van der Waals surface area contributed by atoms with Gasteiger partial charge in [-0.1, -0.05) is 0 Å². The Bertz CT molecular complexity index is 523. The summed E-state index contributed by atoms with van der Waals surface area (Å²) in [6.07, 6.45) is 0. The third-order valence-corrected chi connectivity index (χ3v) is 3.11. The molecule has 1 amide bonds. The van der Waals surface area contributed by atoms with Crippen LogP contribution in [0, 0.1) is 11.6 Å². The highest BCUT2D eigenvalue weighted by molar-refractivity contribution is 5.84. The van der Waals surface area contributed by atoms with Crippen molar-refractivity contribution in [2.75, 3.05) is 37.0 Å². The first-order chi connectivity index (χ1) is 10.0. The number of morpholine rings is 1. The van der Waals surface area contributed by atoms with E-state index in [2.05, 4.69) is 10.3 Å². The van der Waals surface area contributed by atoms with Gasteiger partial charge in [0.25, 0.3) is 0 Å². The van der Waals surface area contributed by atoms with Gasteiger partial charge in [-0.15, -0.1) is 0 Å². The number of rotatable bonds is 4. The molecule has 1 unspecified atom stereocenters. The van der Waals surface area contributed by atoms with Crippen molar-refractivity contribution in [3.63, 3.8) is 0 Å². The Balaban J connectivity index is 2.08. The van der Waals surface area contributed by atoms with Crippen LogP contribution in [-0.2, 0) is 9.53 Å². The van der Waals surface area contributed by atoms with Crippen LogP contribution in [0.5, 0.6) is 0 Å². The van der Waals surface area contributed by atoms with Crippen LogP contribution in [0.2, 0.25) is 0 Å². The van der Waals surface area contributed by atoms with E-state index in [4.69, 9.17) is 10.6 Å². The Morgan fingerprint density at radius 2 is 2.00 bits per heavy atom. The number of pyridine rings is 1. The Morgan fingerprint density at radius 1 is 1.38 bits per heavy atom. The number of nitrogens with two attached hydrogens (primary N) is 1. The molecule has 9 heteroatoms. The fourth-order valence-electron chi connectivity index (χ4n) is 1.99. The van der Waals surface area contributed by atoms with E-state index in [-0.39, 0.29) is 17.5 Å². The lowest BCUT2D eigenvalue weighted by Crippen LogP contribution is -2.47. The SMILES string of the molecule is CC(Nc1nc(NN)c(F)cc1F)C(=O)N1CCOCC1. The number of hydrogen-bond donors (Lipinski definition) is 3. The van der Waals surface area contributed by atoms with E-state index < -0.39 is 17.7 Å².